The number of rotatable bonds is 5. The number of benzene rings is 1. The van der Waals surface area contributed by atoms with E-state index in [1.165, 1.54) is 13.2 Å². The van der Waals surface area contributed by atoms with Crippen molar-refractivity contribution in [2.75, 3.05) is 19.0 Å². The third-order valence-electron chi connectivity index (χ3n) is 3.02. The summed E-state index contributed by atoms with van der Waals surface area (Å²) < 4.78 is 10.6. The third kappa shape index (κ3) is 3.46. The van der Waals surface area contributed by atoms with Crippen molar-refractivity contribution in [2.24, 2.45) is 0 Å². The van der Waals surface area contributed by atoms with Gasteiger partial charge in [0.2, 0.25) is 0 Å². The molecule has 0 saturated carbocycles. The molecule has 0 saturated heterocycles. The number of nitrogens with one attached hydrogen (secondary N) is 2. The summed E-state index contributed by atoms with van der Waals surface area (Å²) in [5.41, 5.74) is 0.850. The zero-order valence-corrected chi connectivity index (χ0v) is 12.7. The van der Waals surface area contributed by atoms with Gasteiger partial charge >= 0.3 is 0 Å². The Kier molecular flexibility index (Phi) is 4.83. The predicted octanol–water partition coefficient (Wildman–Crippen LogP) is 2.34. The summed E-state index contributed by atoms with van der Waals surface area (Å²) in [5.74, 6) is 0.626. The van der Waals surface area contributed by atoms with Gasteiger partial charge in [-0.3, -0.25) is 9.59 Å². The molecule has 0 aliphatic carbocycles. The summed E-state index contributed by atoms with van der Waals surface area (Å²) in [6.45, 7) is 4.14. The predicted molar refractivity (Wildman–Crippen MR) is 83.9 cm³/mol. The summed E-state index contributed by atoms with van der Waals surface area (Å²) in [7, 11) is 1.52. The number of aryl methyl sites for hydroxylation is 1. The highest BCUT2D eigenvalue weighted by molar-refractivity contribution is 6.04. The van der Waals surface area contributed by atoms with Gasteiger partial charge in [-0.25, -0.2) is 0 Å². The molecule has 6 nitrogen and oxygen atoms in total. The van der Waals surface area contributed by atoms with E-state index in [1.54, 1.807) is 31.2 Å². The molecular weight excluding hydrogens is 284 g/mol. The number of aromatic nitrogens is 1. The van der Waals surface area contributed by atoms with Crippen LogP contribution >= 0.6 is 0 Å². The molecule has 1 aromatic heterocycles. The van der Waals surface area contributed by atoms with Gasteiger partial charge in [-0.15, -0.1) is 0 Å². The van der Waals surface area contributed by atoms with E-state index in [0.29, 0.717) is 29.5 Å². The first kappa shape index (κ1) is 15.6. The van der Waals surface area contributed by atoms with Crippen molar-refractivity contribution in [3.05, 3.63) is 51.9 Å². The number of hydrogen-bond acceptors (Lipinski definition) is 4. The van der Waals surface area contributed by atoms with Crippen molar-refractivity contribution in [2.45, 2.75) is 13.8 Å². The van der Waals surface area contributed by atoms with Crippen LogP contribution in [-0.4, -0.2) is 24.6 Å². The zero-order valence-electron chi connectivity index (χ0n) is 12.7. The first-order valence-corrected chi connectivity index (χ1v) is 6.87. The second kappa shape index (κ2) is 6.80. The lowest BCUT2D eigenvalue weighted by Gasteiger charge is -2.11. The minimum Gasteiger partial charge on any atom is -0.493 e. The van der Waals surface area contributed by atoms with Crippen LogP contribution in [0.15, 0.2) is 35.1 Å². The van der Waals surface area contributed by atoms with Gasteiger partial charge in [0.15, 0.2) is 11.5 Å². The van der Waals surface area contributed by atoms with Gasteiger partial charge in [-0.1, -0.05) is 0 Å². The maximum Gasteiger partial charge on any atom is 0.261 e. The molecule has 2 rings (SSSR count). The molecule has 0 bridgehead atoms. The summed E-state index contributed by atoms with van der Waals surface area (Å²) in [5, 5.41) is 2.67. The van der Waals surface area contributed by atoms with Crippen molar-refractivity contribution >= 4 is 11.6 Å². The first-order valence-electron chi connectivity index (χ1n) is 6.87. The number of aromatic amines is 1. The average Bonchev–Trinajstić information content (AvgIpc) is 2.48. The van der Waals surface area contributed by atoms with Crippen LogP contribution in [-0.2, 0) is 0 Å². The third-order valence-corrected chi connectivity index (χ3v) is 3.02. The zero-order chi connectivity index (χ0) is 16.1. The Morgan fingerprint density at radius 1 is 1.23 bits per heavy atom. The smallest absolute Gasteiger partial charge is 0.261 e. The minimum atomic E-state index is -0.479. The molecule has 6 heteroatoms. The number of methoxy groups -OCH3 is 1. The quantitative estimate of drug-likeness (QED) is 0.888. The topological polar surface area (TPSA) is 80.4 Å². The number of pyridine rings is 1. The number of anilines is 1. The lowest BCUT2D eigenvalue weighted by atomic mass is 10.2. The number of amides is 1. The Balaban J connectivity index is 2.23. The van der Waals surface area contributed by atoms with Crippen LogP contribution in [0.25, 0.3) is 0 Å². The SMILES string of the molecule is CCOc1ccc(NC(=O)c2ccc(C)[nH]c2=O)cc1OC. The number of ether oxygens (including phenoxy) is 2. The van der Waals surface area contributed by atoms with E-state index >= 15 is 0 Å². The number of carbonyl (C=O) groups excluding carboxylic acids is 1. The summed E-state index contributed by atoms with van der Waals surface area (Å²) in [4.78, 5) is 26.5. The fourth-order valence-corrected chi connectivity index (χ4v) is 1.97. The van der Waals surface area contributed by atoms with Crippen LogP contribution in [0.3, 0.4) is 0 Å². The van der Waals surface area contributed by atoms with Crippen LogP contribution in [0.2, 0.25) is 0 Å². The Morgan fingerprint density at radius 2 is 2.00 bits per heavy atom. The van der Waals surface area contributed by atoms with Crippen molar-refractivity contribution in [1.82, 2.24) is 4.98 Å². The van der Waals surface area contributed by atoms with Crippen LogP contribution in [0.1, 0.15) is 23.0 Å². The standard InChI is InChI=1S/C16H18N2O4/c1-4-22-13-8-6-11(9-14(13)21-3)18-16(20)12-7-5-10(2)17-15(12)19/h5-9H,4H2,1-3H3,(H,17,19)(H,18,20). The van der Waals surface area contributed by atoms with Crippen LogP contribution in [0.4, 0.5) is 5.69 Å². The molecular formula is C16H18N2O4. The Labute approximate surface area is 128 Å². The largest absolute Gasteiger partial charge is 0.493 e. The summed E-state index contributed by atoms with van der Waals surface area (Å²) in [6, 6.07) is 8.21. The van der Waals surface area contributed by atoms with Gasteiger partial charge in [0.1, 0.15) is 5.56 Å². The van der Waals surface area contributed by atoms with Gasteiger partial charge in [0.05, 0.1) is 13.7 Å². The van der Waals surface area contributed by atoms with E-state index < -0.39 is 11.5 Å². The second-order valence-electron chi connectivity index (χ2n) is 4.64. The lowest BCUT2D eigenvalue weighted by Crippen LogP contribution is -2.23. The molecule has 2 aromatic rings. The molecule has 0 fully saturated rings. The molecule has 22 heavy (non-hydrogen) atoms. The van der Waals surface area contributed by atoms with E-state index in [0.717, 1.165) is 0 Å². The Bertz CT molecular complexity index is 737. The molecule has 2 N–H and O–H groups in total. The second-order valence-corrected chi connectivity index (χ2v) is 4.64. The fourth-order valence-electron chi connectivity index (χ4n) is 1.97. The van der Waals surface area contributed by atoms with Crippen molar-refractivity contribution in [3.63, 3.8) is 0 Å². The van der Waals surface area contributed by atoms with E-state index in [1.807, 2.05) is 6.92 Å². The Morgan fingerprint density at radius 3 is 2.64 bits per heavy atom. The van der Waals surface area contributed by atoms with E-state index in [2.05, 4.69) is 10.3 Å². The van der Waals surface area contributed by atoms with Gasteiger partial charge in [-0.2, -0.15) is 0 Å². The Hall–Kier alpha value is -2.76. The highest BCUT2D eigenvalue weighted by Gasteiger charge is 2.12. The molecule has 1 amide bonds. The van der Waals surface area contributed by atoms with Gasteiger partial charge in [0, 0.05) is 17.4 Å². The van der Waals surface area contributed by atoms with Gasteiger partial charge in [-0.05, 0) is 38.1 Å². The summed E-state index contributed by atoms with van der Waals surface area (Å²) in [6.07, 6.45) is 0. The van der Waals surface area contributed by atoms with Gasteiger partial charge in [0.25, 0.3) is 11.5 Å². The number of H-pyrrole nitrogens is 1. The molecule has 0 aliphatic heterocycles. The summed E-state index contributed by atoms with van der Waals surface area (Å²) >= 11 is 0. The maximum atomic E-state index is 12.2. The van der Waals surface area contributed by atoms with E-state index in [4.69, 9.17) is 9.47 Å². The average molecular weight is 302 g/mol. The number of hydrogen-bond donors (Lipinski definition) is 2. The molecule has 0 aliphatic rings. The molecule has 0 spiro atoms. The normalized spacial score (nSPS) is 10.1. The monoisotopic (exact) mass is 302 g/mol. The van der Waals surface area contributed by atoms with E-state index in [-0.39, 0.29) is 5.56 Å². The lowest BCUT2D eigenvalue weighted by molar-refractivity contribution is 0.102. The molecule has 1 aromatic carbocycles. The first-order chi connectivity index (χ1) is 10.5. The van der Waals surface area contributed by atoms with Crippen LogP contribution in [0.5, 0.6) is 11.5 Å². The molecule has 1 heterocycles. The van der Waals surface area contributed by atoms with Crippen molar-refractivity contribution in [3.8, 4) is 11.5 Å². The molecule has 0 unspecified atom stereocenters. The highest BCUT2D eigenvalue weighted by Crippen LogP contribution is 2.30. The molecule has 116 valence electrons. The molecule has 0 radical (unpaired) electrons. The van der Waals surface area contributed by atoms with Crippen molar-refractivity contribution < 1.29 is 14.3 Å². The fraction of sp³-hybridized carbons (Fsp3) is 0.250. The maximum absolute atomic E-state index is 12.2. The van der Waals surface area contributed by atoms with Crippen molar-refractivity contribution in [1.29, 1.82) is 0 Å². The van der Waals surface area contributed by atoms with E-state index in [9.17, 15) is 9.59 Å². The highest BCUT2D eigenvalue weighted by atomic mass is 16.5. The minimum absolute atomic E-state index is 0.0541. The number of carbonyl (C=O) groups is 1. The molecule has 0 atom stereocenters. The van der Waals surface area contributed by atoms with Crippen LogP contribution in [0, 0.1) is 6.92 Å². The van der Waals surface area contributed by atoms with Gasteiger partial charge < -0.3 is 19.8 Å². The van der Waals surface area contributed by atoms with Crippen LogP contribution < -0.4 is 20.3 Å².